The van der Waals surface area contributed by atoms with Gasteiger partial charge in [0, 0.05) is 31.5 Å². The Morgan fingerprint density at radius 3 is 2.88 bits per heavy atom. The van der Waals surface area contributed by atoms with E-state index in [0.29, 0.717) is 12.6 Å². The first-order valence-electron chi connectivity index (χ1n) is 9.63. The predicted molar refractivity (Wildman–Crippen MR) is 102 cm³/mol. The van der Waals surface area contributed by atoms with E-state index in [-0.39, 0.29) is 5.91 Å². The Balaban J connectivity index is 1.58. The number of aryl methyl sites for hydroxylation is 3. The number of hydrogen-bond acceptors (Lipinski definition) is 4. The molecule has 0 aliphatic carbocycles. The Labute approximate surface area is 155 Å². The van der Waals surface area contributed by atoms with Gasteiger partial charge < -0.3 is 5.32 Å². The SMILES string of the molecule is CCn1nc(C)c(NC(=O)CN2CCCC[C@H]2CCn2cccn2)c1C. The van der Waals surface area contributed by atoms with Crippen molar-refractivity contribution in [1.82, 2.24) is 24.5 Å². The van der Waals surface area contributed by atoms with Crippen molar-refractivity contribution in [3.05, 3.63) is 29.8 Å². The summed E-state index contributed by atoms with van der Waals surface area (Å²) in [5.41, 5.74) is 2.76. The minimum absolute atomic E-state index is 0.0536. The van der Waals surface area contributed by atoms with Gasteiger partial charge >= 0.3 is 0 Å². The number of hydrogen-bond donors (Lipinski definition) is 1. The summed E-state index contributed by atoms with van der Waals surface area (Å²) in [5, 5.41) is 11.9. The molecular formula is C19H30N6O. The van der Waals surface area contributed by atoms with Gasteiger partial charge in [0.2, 0.25) is 5.91 Å². The van der Waals surface area contributed by atoms with E-state index in [0.717, 1.165) is 56.0 Å². The van der Waals surface area contributed by atoms with Gasteiger partial charge in [-0.25, -0.2) is 0 Å². The van der Waals surface area contributed by atoms with Gasteiger partial charge in [0.1, 0.15) is 0 Å². The molecule has 2 aromatic rings. The van der Waals surface area contributed by atoms with Crippen LogP contribution in [0.2, 0.25) is 0 Å². The highest BCUT2D eigenvalue weighted by molar-refractivity contribution is 5.93. The fourth-order valence-electron chi connectivity index (χ4n) is 3.86. The lowest BCUT2D eigenvalue weighted by atomic mass is 9.99. The first-order chi connectivity index (χ1) is 12.6. The molecule has 0 spiro atoms. The largest absolute Gasteiger partial charge is 0.322 e. The minimum atomic E-state index is 0.0536. The van der Waals surface area contributed by atoms with E-state index in [2.05, 4.69) is 27.3 Å². The number of nitrogens with zero attached hydrogens (tertiary/aromatic N) is 5. The molecule has 1 aliphatic rings. The quantitative estimate of drug-likeness (QED) is 0.826. The van der Waals surface area contributed by atoms with Gasteiger partial charge in [0.15, 0.2) is 0 Å². The average Bonchev–Trinajstić information content (AvgIpc) is 3.24. The Morgan fingerprint density at radius 1 is 1.35 bits per heavy atom. The minimum Gasteiger partial charge on any atom is -0.322 e. The number of nitrogens with one attached hydrogen (secondary N) is 1. The molecule has 7 heteroatoms. The maximum absolute atomic E-state index is 12.7. The van der Waals surface area contributed by atoms with E-state index in [9.17, 15) is 4.79 Å². The van der Waals surface area contributed by atoms with Gasteiger partial charge in [-0.1, -0.05) is 6.42 Å². The zero-order valence-electron chi connectivity index (χ0n) is 16.1. The Hall–Kier alpha value is -2.15. The molecule has 0 saturated carbocycles. The predicted octanol–water partition coefficient (Wildman–Crippen LogP) is 2.60. The van der Waals surface area contributed by atoms with Crippen LogP contribution in [0.3, 0.4) is 0 Å². The van der Waals surface area contributed by atoms with Gasteiger partial charge in [-0.2, -0.15) is 10.2 Å². The molecule has 0 bridgehead atoms. The van der Waals surface area contributed by atoms with Gasteiger partial charge in [0.05, 0.1) is 23.6 Å². The lowest BCUT2D eigenvalue weighted by Crippen LogP contribution is -2.44. The van der Waals surface area contributed by atoms with Gasteiger partial charge in [-0.3, -0.25) is 19.1 Å². The molecule has 0 radical (unpaired) electrons. The van der Waals surface area contributed by atoms with Crippen molar-refractivity contribution in [2.24, 2.45) is 0 Å². The molecule has 0 aromatic carbocycles. The van der Waals surface area contributed by atoms with E-state index in [1.165, 1.54) is 6.42 Å². The summed E-state index contributed by atoms with van der Waals surface area (Å²) in [7, 11) is 0. The van der Waals surface area contributed by atoms with E-state index in [1.54, 1.807) is 0 Å². The zero-order chi connectivity index (χ0) is 18.5. The molecule has 3 rings (SSSR count). The normalized spacial score (nSPS) is 18.2. The van der Waals surface area contributed by atoms with Crippen molar-refractivity contribution in [1.29, 1.82) is 0 Å². The van der Waals surface area contributed by atoms with Crippen molar-refractivity contribution < 1.29 is 4.79 Å². The number of carbonyl (C=O) groups is 1. The van der Waals surface area contributed by atoms with Crippen molar-refractivity contribution in [3.63, 3.8) is 0 Å². The molecule has 1 fully saturated rings. The van der Waals surface area contributed by atoms with Crippen LogP contribution in [0.5, 0.6) is 0 Å². The molecule has 0 unspecified atom stereocenters. The second kappa shape index (κ2) is 8.49. The van der Waals surface area contributed by atoms with Crippen LogP contribution in [0.25, 0.3) is 0 Å². The molecule has 3 heterocycles. The Bertz CT molecular complexity index is 721. The van der Waals surface area contributed by atoms with Gasteiger partial charge in [-0.05, 0) is 52.6 Å². The number of anilines is 1. The summed E-state index contributed by atoms with van der Waals surface area (Å²) in [6, 6.07) is 2.40. The van der Waals surface area contributed by atoms with Crippen molar-refractivity contribution in [2.45, 2.75) is 65.6 Å². The molecule has 2 aromatic heterocycles. The second-order valence-electron chi connectivity index (χ2n) is 7.09. The van der Waals surface area contributed by atoms with E-state index >= 15 is 0 Å². The maximum atomic E-state index is 12.7. The number of amides is 1. The standard InChI is InChI=1S/C19H30N6O/c1-4-25-16(3)19(15(2)22-25)21-18(26)14-23-11-6-5-8-17(23)9-13-24-12-7-10-20-24/h7,10,12,17H,4-6,8-9,11,13-14H2,1-3H3,(H,21,26)/t17-/m0/s1. The summed E-state index contributed by atoms with van der Waals surface area (Å²) in [5.74, 6) is 0.0536. The van der Waals surface area contributed by atoms with Crippen molar-refractivity contribution in [3.8, 4) is 0 Å². The highest BCUT2D eigenvalue weighted by Gasteiger charge is 2.25. The number of piperidine rings is 1. The third-order valence-corrected chi connectivity index (χ3v) is 5.29. The zero-order valence-corrected chi connectivity index (χ0v) is 16.1. The lowest BCUT2D eigenvalue weighted by molar-refractivity contribution is -0.118. The average molecular weight is 358 g/mol. The maximum Gasteiger partial charge on any atom is 0.238 e. The number of likely N-dealkylation sites (tertiary alicyclic amines) is 1. The van der Waals surface area contributed by atoms with Crippen LogP contribution < -0.4 is 5.32 Å². The van der Waals surface area contributed by atoms with Crippen LogP contribution in [0.1, 0.15) is 44.0 Å². The molecule has 142 valence electrons. The topological polar surface area (TPSA) is 68.0 Å². The Morgan fingerprint density at radius 2 is 2.19 bits per heavy atom. The highest BCUT2D eigenvalue weighted by Crippen LogP contribution is 2.22. The van der Waals surface area contributed by atoms with Crippen molar-refractivity contribution >= 4 is 11.6 Å². The fourth-order valence-corrected chi connectivity index (χ4v) is 3.86. The number of aromatic nitrogens is 4. The molecular weight excluding hydrogens is 328 g/mol. The van der Waals surface area contributed by atoms with Gasteiger partial charge in [-0.15, -0.1) is 0 Å². The molecule has 26 heavy (non-hydrogen) atoms. The van der Waals surface area contributed by atoms with Crippen LogP contribution in [-0.2, 0) is 17.9 Å². The third kappa shape index (κ3) is 4.33. The second-order valence-corrected chi connectivity index (χ2v) is 7.09. The molecule has 1 N–H and O–H groups in total. The third-order valence-electron chi connectivity index (χ3n) is 5.29. The van der Waals surface area contributed by atoms with E-state index in [4.69, 9.17) is 0 Å². The smallest absolute Gasteiger partial charge is 0.238 e. The van der Waals surface area contributed by atoms with E-state index in [1.807, 2.05) is 41.7 Å². The van der Waals surface area contributed by atoms with E-state index < -0.39 is 0 Å². The first kappa shape index (κ1) is 18.6. The summed E-state index contributed by atoms with van der Waals surface area (Å²) in [6.45, 7) is 9.16. The van der Waals surface area contributed by atoms with Crippen LogP contribution in [0, 0.1) is 13.8 Å². The summed E-state index contributed by atoms with van der Waals surface area (Å²) < 4.78 is 3.90. The molecule has 1 atom stereocenters. The molecule has 1 saturated heterocycles. The monoisotopic (exact) mass is 358 g/mol. The molecule has 7 nitrogen and oxygen atoms in total. The van der Waals surface area contributed by atoms with Crippen LogP contribution >= 0.6 is 0 Å². The van der Waals surface area contributed by atoms with Crippen LogP contribution in [-0.4, -0.2) is 49.5 Å². The number of carbonyl (C=O) groups excluding carboxylic acids is 1. The summed E-state index contributed by atoms with van der Waals surface area (Å²) >= 11 is 0. The molecule has 1 amide bonds. The fraction of sp³-hybridized carbons (Fsp3) is 0.632. The Kier molecular flexibility index (Phi) is 6.08. The van der Waals surface area contributed by atoms with Crippen LogP contribution in [0.4, 0.5) is 5.69 Å². The summed E-state index contributed by atoms with van der Waals surface area (Å²) in [6.07, 6.45) is 8.39. The molecule has 1 aliphatic heterocycles. The lowest BCUT2D eigenvalue weighted by Gasteiger charge is -2.35. The van der Waals surface area contributed by atoms with Crippen LogP contribution in [0.15, 0.2) is 18.5 Å². The first-order valence-corrected chi connectivity index (χ1v) is 9.63. The highest BCUT2D eigenvalue weighted by atomic mass is 16.2. The van der Waals surface area contributed by atoms with Crippen molar-refractivity contribution in [2.75, 3.05) is 18.4 Å². The summed E-state index contributed by atoms with van der Waals surface area (Å²) in [4.78, 5) is 15.0. The van der Waals surface area contributed by atoms with Gasteiger partial charge in [0.25, 0.3) is 0 Å². The number of rotatable bonds is 7.